The van der Waals surface area contributed by atoms with Gasteiger partial charge in [-0.2, -0.15) is 0 Å². The molecule has 2 saturated carbocycles. The molecule has 0 heterocycles. The Bertz CT molecular complexity index is 374. The van der Waals surface area contributed by atoms with E-state index in [1.54, 1.807) is 4.90 Å². The van der Waals surface area contributed by atoms with E-state index in [4.69, 9.17) is 5.11 Å². The number of hydrogen-bond acceptors (Lipinski definition) is 3. The molecule has 0 aromatic rings. The van der Waals surface area contributed by atoms with Crippen molar-refractivity contribution in [3.8, 4) is 0 Å². The third-order valence-electron chi connectivity index (χ3n) is 4.79. The minimum Gasteiger partial charge on any atom is -0.481 e. The molecule has 0 radical (unpaired) electrons. The number of amides is 2. The van der Waals surface area contributed by atoms with Gasteiger partial charge in [0, 0.05) is 12.6 Å². The van der Waals surface area contributed by atoms with Crippen LogP contribution in [0.5, 0.6) is 0 Å². The zero-order valence-corrected chi connectivity index (χ0v) is 12.5. The Balaban J connectivity index is 2.03. The first-order valence-corrected chi connectivity index (χ1v) is 7.98. The average molecular weight is 298 g/mol. The molecule has 2 amide bonds. The molecule has 0 aromatic heterocycles. The van der Waals surface area contributed by atoms with Gasteiger partial charge in [0.15, 0.2) is 0 Å². The highest BCUT2D eigenvalue weighted by Crippen LogP contribution is 2.33. The van der Waals surface area contributed by atoms with Gasteiger partial charge >= 0.3 is 12.0 Å². The lowest BCUT2D eigenvalue weighted by atomic mass is 9.93. The summed E-state index contributed by atoms with van der Waals surface area (Å²) in [5, 5.41) is 21.3. The van der Waals surface area contributed by atoms with Crippen LogP contribution in [0.25, 0.3) is 0 Å². The topological polar surface area (TPSA) is 89.9 Å². The molecule has 6 nitrogen and oxygen atoms in total. The van der Waals surface area contributed by atoms with Crippen LogP contribution in [-0.2, 0) is 4.79 Å². The second-order valence-electron chi connectivity index (χ2n) is 6.34. The van der Waals surface area contributed by atoms with Crippen molar-refractivity contribution in [3.05, 3.63) is 0 Å². The number of aliphatic hydroxyl groups is 1. The fourth-order valence-corrected chi connectivity index (χ4v) is 3.76. The summed E-state index contributed by atoms with van der Waals surface area (Å²) in [7, 11) is 0. The maximum absolute atomic E-state index is 12.6. The highest BCUT2D eigenvalue weighted by molar-refractivity contribution is 5.77. The van der Waals surface area contributed by atoms with Crippen molar-refractivity contribution in [1.29, 1.82) is 0 Å². The Morgan fingerprint density at radius 1 is 1.14 bits per heavy atom. The summed E-state index contributed by atoms with van der Waals surface area (Å²) in [6.07, 6.45) is 7.51. The number of carboxylic acid groups (broad SMARTS) is 1. The van der Waals surface area contributed by atoms with Gasteiger partial charge in [0.05, 0.1) is 18.6 Å². The molecule has 0 aromatic carbocycles. The molecule has 120 valence electrons. The van der Waals surface area contributed by atoms with E-state index in [1.165, 1.54) is 0 Å². The van der Waals surface area contributed by atoms with E-state index < -0.39 is 11.5 Å². The summed E-state index contributed by atoms with van der Waals surface area (Å²) in [6.45, 7) is 0.259. The van der Waals surface area contributed by atoms with Gasteiger partial charge in [-0.3, -0.25) is 4.79 Å². The molecule has 2 aliphatic carbocycles. The molecule has 3 N–H and O–H groups in total. The van der Waals surface area contributed by atoms with Crippen molar-refractivity contribution in [2.24, 2.45) is 0 Å². The second kappa shape index (κ2) is 7.11. The summed E-state index contributed by atoms with van der Waals surface area (Å²) < 4.78 is 0. The highest BCUT2D eigenvalue weighted by Gasteiger charge is 2.39. The lowest BCUT2D eigenvalue weighted by Gasteiger charge is -2.35. The zero-order valence-electron chi connectivity index (χ0n) is 12.5. The number of nitrogens with zero attached hydrogens (tertiary/aromatic N) is 1. The summed E-state index contributed by atoms with van der Waals surface area (Å²) in [5.41, 5.74) is -0.602. The Labute approximate surface area is 125 Å². The van der Waals surface area contributed by atoms with Crippen LogP contribution in [0.2, 0.25) is 0 Å². The number of carbonyl (C=O) groups is 2. The van der Waals surface area contributed by atoms with Crippen molar-refractivity contribution >= 4 is 12.0 Å². The van der Waals surface area contributed by atoms with Gasteiger partial charge in [0.25, 0.3) is 0 Å². The van der Waals surface area contributed by atoms with Crippen LogP contribution in [0, 0.1) is 0 Å². The molecule has 0 aliphatic heterocycles. The summed E-state index contributed by atoms with van der Waals surface area (Å²) in [4.78, 5) is 25.4. The Kier molecular flexibility index (Phi) is 5.45. The normalized spacial score (nSPS) is 21.4. The van der Waals surface area contributed by atoms with E-state index in [2.05, 4.69) is 5.32 Å². The quantitative estimate of drug-likeness (QED) is 0.696. The Morgan fingerprint density at radius 2 is 1.76 bits per heavy atom. The fourth-order valence-electron chi connectivity index (χ4n) is 3.76. The lowest BCUT2D eigenvalue weighted by Crippen LogP contribution is -2.55. The van der Waals surface area contributed by atoms with E-state index in [-0.39, 0.29) is 25.1 Å². The van der Waals surface area contributed by atoms with Crippen LogP contribution in [0.15, 0.2) is 0 Å². The van der Waals surface area contributed by atoms with Gasteiger partial charge in [-0.25, -0.2) is 4.79 Å². The molecule has 0 bridgehead atoms. The predicted molar refractivity (Wildman–Crippen MR) is 78.0 cm³/mol. The van der Waals surface area contributed by atoms with E-state index in [1.807, 2.05) is 0 Å². The number of aliphatic carboxylic acids is 1. The van der Waals surface area contributed by atoms with E-state index in [0.717, 1.165) is 51.4 Å². The van der Waals surface area contributed by atoms with Gasteiger partial charge in [-0.05, 0) is 25.7 Å². The van der Waals surface area contributed by atoms with E-state index in [0.29, 0.717) is 6.54 Å². The predicted octanol–water partition coefficient (Wildman–Crippen LogP) is 1.72. The molecule has 0 saturated heterocycles. The first-order chi connectivity index (χ1) is 10.1. The lowest BCUT2D eigenvalue weighted by molar-refractivity contribution is -0.138. The van der Waals surface area contributed by atoms with Crippen LogP contribution in [-0.4, -0.2) is 51.8 Å². The van der Waals surface area contributed by atoms with Crippen molar-refractivity contribution in [2.75, 3.05) is 13.2 Å². The van der Waals surface area contributed by atoms with Crippen LogP contribution < -0.4 is 5.32 Å². The molecular weight excluding hydrogens is 272 g/mol. The molecule has 2 fully saturated rings. The van der Waals surface area contributed by atoms with Gasteiger partial charge in [0.2, 0.25) is 0 Å². The SMILES string of the molecule is O=C(O)CC1(NC(=O)N(CCO)C2CCCC2)CCCC1. The standard InChI is InChI=1S/C15H26N2O4/c18-10-9-17(12-5-1-2-6-12)14(21)16-15(11-13(19)20)7-3-4-8-15/h12,18H,1-11H2,(H,16,21)(H,19,20). The van der Waals surface area contributed by atoms with Crippen LogP contribution in [0.1, 0.15) is 57.8 Å². The van der Waals surface area contributed by atoms with Crippen molar-refractivity contribution in [2.45, 2.75) is 69.4 Å². The molecule has 0 spiro atoms. The third-order valence-corrected chi connectivity index (χ3v) is 4.79. The zero-order chi connectivity index (χ0) is 15.3. The number of nitrogens with one attached hydrogen (secondary N) is 1. The van der Waals surface area contributed by atoms with Gasteiger partial charge in [-0.1, -0.05) is 25.7 Å². The first-order valence-electron chi connectivity index (χ1n) is 7.98. The van der Waals surface area contributed by atoms with E-state index >= 15 is 0 Å². The fraction of sp³-hybridized carbons (Fsp3) is 0.867. The Morgan fingerprint density at radius 3 is 2.29 bits per heavy atom. The number of hydrogen-bond donors (Lipinski definition) is 3. The molecule has 0 atom stereocenters. The van der Waals surface area contributed by atoms with Crippen LogP contribution >= 0.6 is 0 Å². The van der Waals surface area contributed by atoms with Crippen molar-refractivity contribution in [1.82, 2.24) is 10.2 Å². The monoisotopic (exact) mass is 298 g/mol. The molecule has 21 heavy (non-hydrogen) atoms. The Hall–Kier alpha value is -1.30. The smallest absolute Gasteiger partial charge is 0.318 e. The molecular formula is C15H26N2O4. The molecule has 6 heteroatoms. The number of urea groups is 1. The number of carboxylic acids is 1. The largest absolute Gasteiger partial charge is 0.481 e. The van der Waals surface area contributed by atoms with Crippen molar-refractivity contribution in [3.63, 3.8) is 0 Å². The first kappa shape index (κ1) is 16.1. The maximum atomic E-state index is 12.6. The number of rotatable bonds is 6. The molecule has 2 aliphatic rings. The van der Waals surface area contributed by atoms with Gasteiger partial charge in [-0.15, -0.1) is 0 Å². The number of aliphatic hydroxyl groups excluding tert-OH is 1. The minimum absolute atomic E-state index is 0.0175. The highest BCUT2D eigenvalue weighted by atomic mass is 16.4. The van der Waals surface area contributed by atoms with Crippen LogP contribution in [0.3, 0.4) is 0 Å². The maximum Gasteiger partial charge on any atom is 0.318 e. The third kappa shape index (κ3) is 4.09. The summed E-state index contributed by atoms with van der Waals surface area (Å²) in [6, 6.07) is -0.0282. The second-order valence-corrected chi connectivity index (χ2v) is 6.34. The summed E-state index contributed by atoms with van der Waals surface area (Å²) in [5.74, 6) is -0.869. The number of carbonyl (C=O) groups excluding carboxylic acids is 1. The minimum atomic E-state index is -0.869. The average Bonchev–Trinajstić information content (AvgIpc) is 3.06. The molecule has 0 unspecified atom stereocenters. The molecule has 2 rings (SSSR count). The van der Waals surface area contributed by atoms with Gasteiger partial charge in [0.1, 0.15) is 0 Å². The summed E-state index contributed by atoms with van der Waals surface area (Å²) >= 11 is 0. The van der Waals surface area contributed by atoms with E-state index in [9.17, 15) is 14.7 Å². The van der Waals surface area contributed by atoms with Crippen molar-refractivity contribution < 1.29 is 19.8 Å². The van der Waals surface area contributed by atoms with Crippen LogP contribution in [0.4, 0.5) is 4.79 Å². The van der Waals surface area contributed by atoms with Gasteiger partial charge < -0.3 is 20.4 Å².